The molecule has 1 aromatic carbocycles. The van der Waals surface area contributed by atoms with Crippen molar-refractivity contribution in [2.24, 2.45) is 0 Å². The maximum Gasteiger partial charge on any atom is 0.267 e. The number of anilines is 3. The first-order valence-corrected chi connectivity index (χ1v) is 10.8. The maximum atomic E-state index is 9.28. The Hall–Kier alpha value is -2.59. The van der Waals surface area contributed by atoms with Crippen molar-refractivity contribution in [3.8, 4) is 5.97 Å². The quantitative estimate of drug-likeness (QED) is 0.752. The van der Waals surface area contributed by atoms with Gasteiger partial charge in [0.05, 0.1) is 18.9 Å². The number of hydrogen-bond acceptors (Lipinski definition) is 6. The van der Waals surface area contributed by atoms with Crippen LogP contribution in [-0.2, 0) is 11.2 Å². The fourth-order valence-electron chi connectivity index (χ4n) is 4.87. The number of hydrogen-bond donors (Lipinski definition) is 0. The van der Waals surface area contributed by atoms with Crippen LogP contribution in [0.1, 0.15) is 30.0 Å². The molecular weight excluding hydrogens is 361 g/mol. The second-order valence-electron chi connectivity index (χ2n) is 8.23. The fraction of sp³-hybridized carbons (Fsp3) is 0.500. The molecule has 0 unspecified atom stereocenters. The summed E-state index contributed by atoms with van der Waals surface area (Å²) in [4.78, 5) is 14.8. The van der Waals surface area contributed by atoms with Crippen LogP contribution in [0, 0.1) is 11.2 Å². The van der Waals surface area contributed by atoms with Gasteiger partial charge in [-0.1, -0.05) is 43.7 Å². The summed E-state index contributed by atoms with van der Waals surface area (Å²) in [6, 6.07) is 10.5. The molecule has 0 N–H and O–H groups in total. The van der Waals surface area contributed by atoms with Gasteiger partial charge in [0, 0.05) is 42.8 Å². The molecule has 3 aliphatic heterocycles. The molecule has 2 aromatic rings. The van der Waals surface area contributed by atoms with E-state index in [4.69, 9.17) is 14.7 Å². The minimum atomic E-state index is 0.209. The van der Waals surface area contributed by atoms with E-state index in [2.05, 4.69) is 46.1 Å². The highest BCUT2D eigenvalue weighted by Crippen LogP contribution is 2.41. The van der Waals surface area contributed by atoms with E-state index in [1.807, 2.05) is 0 Å². The standard InChI is InChI=1S/C22H26BN5O/c24-16-23-9-6-17(7-10-23)20-19-8-11-28(18-4-2-1-3-5-18)21(19)26-22(25-20)27-12-14-29-15-13-27/h1-5,17H,6-15H2. The largest absolute Gasteiger partial charge is 0.378 e. The molecule has 6 nitrogen and oxygen atoms in total. The van der Waals surface area contributed by atoms with Crippen molar-refractivity contribution in [2.45, 2.75) is 37.8 Å². The normalized spacial score (nSPS) is 19.9. The van der Waals surface area contributed by atoms with Gasteiger partial charge in [0.25, 0.3) is 6.71 Å². The number of para-hydroxylation sites is 1. The van der Waals surface area contributed by atoms with Crippen molar-refractivity contribution in [3.05, 3.63) is 41.6 Å². The van der Waals surface area contributed by atoms with Crippen LogP contribution in [0.25, 0.3) is 0 Å². The SMILES string of the molecule is N#CB1CCC(c2nc(N3CCOCC3)nc3c2CCN3c2ccccc2)CC1. The van der Waals surface area contributed by atoms with E-state index >= 15 is 0 Å². The topological polar surface area (TPSA) is 65.3 Å². The summed E-state index contributed by atoms with van der Waals surface area (Å²) < 4.78 is 5.54. The van der Waals surface area contributed by atoms with Crippen molar-refractivity contribution >= 4 is 24.2 Å². The molecule has 0 amide bonds. The van der Waals surface area contributed by atoms with Crippen molar-refractivity contribution in [3.63, 3.8) is 0 Å². The van der Waals surface area contributed by atoms with E-state index < -0.39 is 0 Å². The zero-order valence-electron chi connectivity index (χ0n) is 16.8. The van der Waals surface area contributed by atoms with E-state index in [0.717, 1.165) is 76.5 Å². The van der Waals surface area contributed by atoms with E-state index in [1.165, 1.54) is 16.9 Å². The summed E-state index contributed by atoms with van der Waals surface area (Å²) in [5.41, 5.74) is 3.73. The Kier molecular flexibility index (Phi) is 5.11. The van der Waals surface area contributed by atoms with Gasteiger partial charge in [-0.3, -0.25) is 0 Å². The zero-order valence-corrected chi connectivity index (χ0v) is 16.8. The zero-order chi connectivity index (χ0) is 19.6. The Bertz CT molecular complexity index is 901. The molecule has 0 bridgehead atoms. The molecule has 5 rings (SSSR count). The highest BCUT2D eigenvalue weighted by molar-refractivity contribution is 6.67. The lowest BCUT2D eigenvalue weighted by molar-refractivity contribution is 0.122. The summed E-state index contributed by atoms with van der Waals surface area (Å²) >= 11 is 0. The molecule has 2 saturated heterocycles. The first-order chi connectivity index (χ1) is 14.3. The summed E-state index contributed by atoms with van der Waals surface area (Å²) in [5.74, 6) is 4.81. The van der Waals surface area contributed by atoms with Gasteiger partial charge >= 0.3 is 0 Å². The fourth-order valence-corrected chi connectivity index (χ4v) is 4.87. The minimum absolute atomic E-state index is 0.209. The molecular formula is C22H26BN5O. The number of morpholine rings is 1. The Balaban J connectivity index is 1.54. The van der Waals surface area contributed by atoms with Crippen molar-refractivity contribution in [2.75, 3.05) is 42.6 Å². The molecule has 0 aliphatic carbocycles. The second kappa shape index (κ2) is 8.04. The number of nitriles is 1. The summed E-state index contributed by atoms with van der Waals surface area (Å²) in [6.07, 6.45) is 5.05. The van der Waals surface area contributed by atoms with E-state index in [0.29, 0.717) is 5.92 Å². The van der Waals surface area contributed by atoms with Crippen LogP contribution in [0.4, 0.5) is 17.5 Å². The summed E-state index contributed by atoms with van der Waals surface area (Å²) in [5, 5.41) is 9.28. The van der Waals surface area contributed by atoms with Gasteiger partial charge in [0.2, 0.25) is 5.95 Å². The van der Waals surface area contributed by atoms with Gasteiger partial charge in [-0.25, -0.2) is 10.2 Å². The van der Waals surface area contributed by atoms with Crippen LogP contribution in [0.5, 0.6) is 0 Å². The minimum Gasteiger partial charge on any atom is -0.378 e. The first kappa shape index (κ1) is 18.4. The van der Waals surface area contributed by atoms with E-state index in [-0.39, 0.29) is 6.71 Å². The molecule has 2 fully saturated rings. The van der Waals surface area contributed by atoms with Crippen molar-refractivity contribution < 1.29 is 4.74 Å². The Morgan fingerprint density at radius 3 is 2.52 bits per heavy atom. The average molecular weight is 387 g/mol. The molecule has 7 heteroatoms. The van der Waals surface area contributed by atoms with E-state index in [1.54, 1.807) is 0 Å². The number of benzene rings is 1. The van der Waals surface area contributed by atoms with Gasteiger partial charge in [-0.2, -0.15) is 4.98 Å². The third-order valence-electron chi connectivity index (χ3n) is 6.50. The molecule has 0 atom stereocenters. The molecule has 29 heavy (non-hydrogen) atoms. The third-order valence-corrected chi connectivity index (χ3v) is 6.50. The molecule has 4 heterocycles. The van der Waals surface area contributed by atoms with E-state index in [9.17, 15) is 5.26 Å². The molecule has 0 saturated carbocycles. The van der Waals surface area contributed by atoms with Gasteiger partial charge in [-0.05, 0) is 18.6 Å². The lowest BCUT2D eigenvalue weighted by atomic mass is 9.41. The van der Waals surface area contributed by atoms with Crippen LogP contribution in [0.2, 0.25) is 12.6 Å². The van der Waals surface area contributed by atoms with Crippen LogP contribution in [0.3, 0.4) is 0 Å². The predicted molar refractivity (Wildman–Crippen MR) is 115 cm³/mol. The van der Waals surface area contributed by atoms with Crippen LogP contribution in [0.15, 0.2) is 30.3 Å². The first-order valence-electron chi connectivity index (χ1n) is 10.8. The van der Waals surface area contributed by atoms with Crippen molar-refractivity contribution in [1.29, 1.82) is 5.26 Å². The van der Waals surface area contributed by atoms with Crippen LogP contribution in [-0.4, -0.2) is 49.5 Å². The molecule has 148 valence electrons. The molecule has 0 spiro atoms. The van der Waals surface area contributed by atoms with Gasteiger partial charge in [0.15, 0.2) is 0 Å². The Labute approximate surface area is 172 Å². The average Bonchev–Trinajstić information content (AvgIpc) is 3.24. The highest BCUT2D eigenvalue weighted by Gasteiger charge is 2.33. The third kappa shape index (κ3) is 3.58. The van der Waals surface area contributed by atoms with Crippen LogP contribution >= 0.6 is 0 Å². The Morgan fingerprint density at radius 1 is 1.03 bits per heavy atom. The molecule has 0 radical (unpaired) electrons. The Morgan fingerprint density at radius 2 is 1.79 bits per heavy atom. The number of rotatable bonds is 3. The number of nitrogens with zero attached hydrogens (tertiary/aromatic N) is 5. The highest BCUT2D eigenvalue weighted by atomic mass is 16.5. The maximum absolute atomic E-state index is 9.28. The number of fused-ring (bicyclic) bond motifs is 1. The number of ether oxygens (including phenoxy) is 1. The van der Waals surface area contributed by atoms with Gasteiger partial charge in [-0.15, -0.1) is 0 Å². The lowest BCUT2D eigenvalue weighted by Gasteiger charge is -2.30. The van der Waals surface area contributed by atoms with Gasteiger partial charge < -0.3 is 14.5 Å². The summed E-state index contributed by atoms with van der Waals surface area (Å²) in [6.45, 7) is 4.29. The second-order valence-corrected chi connectivity index (χ2v) is 8.23. The predicted octanol–water partition coefficient (Wildman–Crippen LogP) is 3.44. The smallest absolute Gasteiger partial charge is 0.267 e. The van der Waals surface area contributed by atoms with Gasteiger partial charge in [0.1, 0.15) is 5.82 Å². The lowest BCUT2D eigenvalue weighted by Crippen LogP contribution is -2.38. The number of aromatic nitrogens is 2. The van der Waals surface area contributed by atoms with Crippen LogP contribution < -0.4 is 9.80 Å². The molecule has 3 aliphatic rings. The monoisotopic (exact) mass is 387 g/mol. The summed E-state index contributed by atoms with van der Waals surface area (Å²) in [7, 11) is 0. The van der Waals surface area contributed by atoms with Crippen molar-refractivity contribution in [1.82, 2.24) is 9.97 Å². The molecule has 1 aromatic heterocycles.